The molecule has 0 amide bonds. The summed E-state index contributed by atoms with van der Waals surface area (Å²) in [5, 5.41) is 8.88. The van der Waals surface area contributed by atoms with Crippen LogP contribution in [0, 0.1) is 0 Å². The molecule has 0 aliphatic heterocycles. The van der Waals surface area contributed by atoms with Crippen molar-refractivity contribution in [2.75, 3.05) is 6.67 Å². The zero-order valence-corrected chi connectivity index (χ0v) is 6.35. The van der Waals surface area contributed by atoms with E-state index in [0.29, 0.717) is 6.29 Å². The molecule has 0 aliphatic rings. The number of alkyl halides is 1. The highest BCUT2D eigenvalue weighted by Crippen LogP contribution is 1.96. The van der Waals surface area contributed by atoms with Crippen molar-refractivity contribution in [3.63, 3.8) is 0 Å². The first-order chi connectivity index (χ1) is 5.76. The van der Waals surface area contributed by atoms with Crippen LogP contribution in [-0.2, 0) is 6.54 Å². The molecule has 1 unspecified atom stereocenters. The molecule has 1 N–H and O–H groups in total. The van der Waals surface area contributed by atoms with Gasteiger partial charge in [-0.25, -0.2) is 9.37 Å². The fourth-order valence-corrected chi connectivity index (χ4v) is 0.830. The number of hydrogen-bond donors (Lipinski definition) is 1. The van der Waals surface area contributed by atoms with Crippen LogP contribution in [0.1, 0.15) is 10.5 Å². The van der Waals surface area contributed by atoms with Gasteiger partial charge in [-0.1, -0.05) is 0 Å². The van der Waals surface area contributed by atoms with Gasteiger partial charge in [-0.15, -0.1) is 0 Å². The van der Waals surface area contributed by atoms with Gasteiger partial charge in [0.25, 0.3) is 0 Å². The minimum absolute atomic E-state index is 0.122. The molecule has 0 radical (unpaired) electrons. The number of nitrogens with zero attached hydrogens (tertiary/aromatic N) is 2. The third-order valence-corrected chi connectivity index (χ3v) is 1.37. The van der Waals surface area contributed by atoms with E-state index in [4.69, 9.17) is 5.11 Å². The molecular formula is C7H9FN2O2. The summed E-state index contributed by atoms with van der Waals surface area (Å²) in [6, 6.07) is 0. The Bertz CT molecular complexity index is 262. The van der Waals surface area contributed by atoms with Gasteiger partial charge >= 0.3 is 0 Å². The largest absolute Gasteiger partial charge is 0.389 e. The van der Waals surface area contributed by atoms with Gasteiger partial charge in [-0.05, 0) is 0 Å². The van der Waals surface area contributed by atoms with Gasteiger partial charge < -0.3 is 9.67 Å². The highest BCUT2D eigenvalue weighted by molar-refractivity contribution is 5.70. The number of aromatic nitrogens is 2. The van der Waals surface area contributed by atoms with Crippen molar-refractivity contribution >= 4 is 6.29 Å². The van der Waals surface area contributed by atoms with Crippen LogP contribution in [0.5, 0.6) is 0 Å². The summed E-state index contributed by atoms with van der Waals surface area (Å²) in [7, 11) is 0. The van der Waals surface area contributed by atoms with E-state index >= 15 is 0 Å². The Morgan fingerprint density at radius 2 is 2.58 bits per heavy atom. The molecule has 0 saturated carbocycles. The molecular weight excluding hydrogens is 163 g/mol. The number of carbonyl (C=O) groups is 1. The minimum atomic E-state index is -1.03. The zero-order valence-electron chi connectivity index (χ0n) is 6.35. The molecule has 1 rings (SSSR count). The first-order valence-corrected chi connectivity index (χ1v) is 3.47. The lowest BCUT2D eigenvalue weighted by molar-refractivity contribution is 0.111. The fourth-order valence-electron chi connectivity index (χ4n) is 0.830. The molecule has 1 heterocycles. The molecule has 0 bridgehead atoms. The van der Waals surface area contributed by atoms with Crippen LogP contribution in [0.25, 0.3) is 0 Å². The summed E-state index contributed by atoms with van der Waals surface area (Å²) in [6.45, 7) is -0.675. The summed E-state index contributed by atoms with van der Waals surface area (Å²) in [5.74, 6) is 0. The van der Waals surface area contributed by atoms with E-state index < -0.39 is 12.8 Å². The lowest BCUT2D eigenvalue weighted by atomic mass is 10.4. The van der Waals surface area contributed by atoms with Crippen molar-refractivity contribution in [1.82, 2.24) is 9.55 Å². The molecule has 0 aromatic carbocycles. The molecule has 12 heavy (non-hydrogen) atoms. The summed E-state index contributed by atoms with van der Waals surface area (Å²) in [5.41, 5.74) is 0.279. The molecule has 66 valence electrons. The number of halogens is 1. The lowest BCUT2D eigenvalue weighted by Crippen LogP contribution is -2.16. The van der Waals surface area contributed by atoms with Crippen LogP contribution in [0.3, 0.4) is 0 Å². The summed E-state index contributed by atoms with van der Waals surface area (Å²) in [4.78, 5) is 13.8. The Balaban J connectivity index is 2.57. The Morgan fingerprint density at radius 1 is 1.83 bits per heavy atom. The molecule has 5 heteroatoms. The predicted octanol–water partition coefficient (Wildman–Crippen LogP) is 0.0260. The van der Waals surface area contributed by atoms with Gasteiger partial charge in [0.15, 0.2) is 6.29 Å². The number of aldehydes is 1. The zero-order chi connectivity index (χ0) is 8.97. The molecule has 0 fully saturated rings. The SMILES string of the molecule is O=Cc1cn(CC(O)CF)cn1. The highest BCUT2D eigenvalue weighted by atomic mass is 19.1. The summed E-state index contributed by atoms with van der Waals surface area (Å²) < 4.78 is 13.3. The van der Waals surface area contributed by atoms with Crippen LogP contribution in [0.4, 0.5) is 4.39 Å². The average Bonchev–Trinajstić information content (AvgIpc) is 2.52. The lowest BCUT2D eigenvalue weighted by Gasteiger charge is -2.04. The van der Waals surface area contributed by atoms with Gasteiger partial charge in [0, 0.05) is 6.20 Å². The summed E-state index contributed by atoms with van der Waals surface area (Å²) >= 11 is 0. The molecule has 4 nitrogen and oxygen atoms in total. The van der Waals surface area contributed by atoms with Crippen LogP contribution < -0.4 is 0 Å². The number of aliphatic hydroxyl groups is 1. The third kappa shape index (κ3) is 2.13. The van der Waals surface area contributed by atoms with Crippen LogP contribution >= 0.6 is 0 Å². The maximum atomic E-state index is 11.8. The maximum Gasteiger partial charge on any atom is 0.169 e. The maximum absolute atomic E-state index is 11.8. The number of hydrogen-bond acceptors (Lipinski definition) is 3. The molecule has 0 spiro atoms. The smallest absolute Gasteiger partial charge is 0.169 e. The van der Waals surface area contributed by atoms with Gasteiger partial charge in [0.2, 0.25) is 0 Å². The van der Waals surface area contributed by atoms with Gasteiger partial charge in [-0.2, -0.15) is 0 Å². The second-order valence-electron chi connectivity index (χ2n) is 2.42. The highest BCUT2D eigenvalue weighted by Gasteiger charge is 2.04. The predicted molar refractivity (Wildman–Crippen MR) is 39.6 cm³/mol. The quantitative estimate of drug-likeness (QED) is 0.652. The third-order valence-electron chi connectivity index (χ3n) is 1.37. The standard InChI is InChI=1S/C7H9FN2O2/c8-1-7(12)3-10-2-6(4-11)9-5-10/h2,4-5,7,12H,1,3H2. The van der Waals surface area contributed by atoms with Crippen LogP contribution in [0.15, 0.2) is 12.5 Å². The Labute approximate surface area is 68.7 Å². The Morgan fingerprint density at radius 3 is 3.08 bits per heavy atom. The van der Waals surface area contributed by atoms with Crippen molar-refractivity contribution in [1.29, 1.82) is 0 Å². The number of carbonyl (C=O) groups excluding carboxylic acids is 1. The van der Waals surface area contributed by atoms with Gasteiger partial charge in [-0.3, -0.25) is 4.79 Å². The topological polar surface area (TPSA) is 55.1 Å². The van der Waals surface area contributed by atoms with E-state index in [1.165, 1.54) is 17.1 Å². The van der Waals surface area contributed by atoms with Crippen molar-refractivity contribution in [3.05, 3.63) is 18.2 Å². The van der Waals surface area contributed by atoms with Crippen molar-refractivity contribution < 1.29 is 14.3 Å². The van der Waals surface area contributed by atoms with E-state index in [2.05, 4.69) is 4.98 Å². The Kier molecular flexibility index (Phi) is 2.93. The summed E-state index contributed by atoms with van der Waals surface area (Å²) in [6.07, 6.45) is 2.39. The monoisotopic (exact) mass is 172 g/mol. The molecule has 0 saturated heterocycles. The second kappa shape index (κ2) is 3.96. The molecule has 1 atom stereocenters. The van der Waals surface area contributed by atoms with Crippen LogP contribution in [0.2, 0.25) is 0 Å². The minimum Gasteiger partial charge on any atom is -0.389 e. The first kappa shape index (κ1) is 8.86. The molecule has 1 aromatic rings. The van der Waals surface area contributed by atoms with Gasteiger partial charge in [0.05, 0.1) is 12.9 Å². The number of imidazole rings is 1. The fraction of sp³-hybridized carbons (Fsp3) is 0.429. The van der Waals surface area contributed by atoms with Crippen LogP contribution in [-0.4, -0.2) is 33.7 Å². The normalized spacial score (nSPS) is 12.8. The number of rotatable bonds is 4. The van der Waals surface area contributed by atoms with E-state index in [1.54, 1.807) is 0 Å². The van der Waals surface area contributed by atoms with Crippen molar-refractivity contribution in [2.24, 2.45) is 0 Å². The van der Waals surface area contributed by atoms with Crippen molar-refractivity contribution in [2.45, 2.75) is 12.6 Å². The first-order valence-electron chi connectivity index (χ1n) is 3.47. The van der Waals surface area contributed by atoms with E-state index in [0.717, 1.165) is 0 Å². The van der Waals surface area contributed by atoms with Gasteiger partial charge in [0.1, 0.15) is 18.5 Å². The molecule has 1 aromatic heterocycles. The Hall–Kier alpha value is -1.23. The number of aliphatic hydroxyl groups excluding tert-OH is 1. The second-order valence-corrected chi connectivity index (χ2v) is 2.42. The van der Waals surface area contributed by atoms with Crippen molar-refractivity contribution in [3.8, 4) is 0 Å². The van der Waals surface area contributed by atoms with E-state index in [1.807, 2.05) is 0 Å². The van der Waals surface area contributed by atoms with E-state index in [9.17, 15) is 9.18 Å². The molecule has 0 aliphatic carbocycles. The average molecular weight is 172 g/mol. The van der Waals surface area contributed by atoms with E-state index in [-0.39, 0.29) is 12.2 Å².